The standard InChI is InChI=1S/C26H27N2O9P/c1-18-14-28(26(32)27-25(18)31)24-13-12-21(37-24)15-34-38(33,35-16-22(29)19-8-4-2-5-9-19)36-17-23(30)20-10-6-3-7-11-20/h2-11,14,21,24H,12-13,15-17H2,1H3,(H,27,31,32). The highest BCUT2D eigenvalue weighted by atomic mass is 31.2. The molecule has 1 N–H and O–H groups in total. The lowest BCUT2D eigenvalue weighted by molar-refractivity contribution is -0.0274. The molecule has 0 saturated carbocycles. The first-order valence-electron chi connectivity index (χ1n) is 11.9. The summed E-state index contributed by atoms with van der Waals surface area (Å²) in [5, 5.41) is 0. The van der Waals surface area contributed by atoms with Crippen molar-refractivity contribution in [3.05, 3.63) is 104 Å². The Morgan fingerprint density at radius 3 is 2.03 bits per heavy atom. The number of aromatic nitrogens is 2. The van der Waals surface area contributed by atoms with Gasteiger partial charge in [-0.1, -0.05) is 60.7 Å². The highest BCUT2D eigenvalue weighted by Crippen LogP contribution is 2.50. The summed E-state index contributed by atoms with van der Waals surface area (Å²) in [5.74, 6) is -0.894. The lowest BCUT2D eigenvalue weighted by Crippen LogP contribution is -2.33. The van der Waals surface area contributed by atoms with Gasteiger partial charge in [-0.2, -0.15) is 0 Å². The Morgan fingerprint density at radius 2 is 1.47 bits per heavy atom. The first kappa shape index (κ1) is 27.6. The fourth-order valence-corrected chi connectivity index (χ4v) is 4.91. The van der Waals surface area contributed by atoms with E-state index in [-0.39, 0.29) is 6.61 Å². The molecule has 0 bridgehead atoms. The third-order valence-corrected chi connectivity index (χ3v) is 7.21. The van der Waals surface area contributed by atoms with Crippen LogP contribution in [-0.2, 0) is 22.9 Å². The van der Waals surface area contributed by atoms with Gasteiger partial charge in [-0.05, 0) is 19.8 Å². The zero-order valence-corrected chi connectivity index (χ0v) is 21.5. The van der Waals surface area contributed by atoms with Gasteiger partial charge in [0.2, 0.25) is 0 Å². The minimum atomic E-state index is -4.37. The molecule has 11 nitrogen and oxygen atoms in total. The maximum absolute atomic E-state index is 13.4. The molecule has 0 radical (unpaired) electrons. The molecule has 4 rings (SSSR count). The summed E-state index contributed by atoms with van der Waals surface area (Å²) in [6.07, 6.45) is 1.05. The highest BCUT2D eigenvalue weighted by Gasteiger charge is 2.34. The van der Waals surface area contributed by atoms with Crippen molar-refractivity contribution in [3.63, 3.8) is 0 Å². The van der Waals surface area contributed by atoms with Crippen molar-refractivity contribution < 1.29 is 32.5 Å². The zero-order chi connectivity index (χ0) is 27.1. The van der Waals surface area contributed by atoms with Crippen molar-refractivity contribution in [1.29, 1.82) is 0 Å². The fourth-order valence-electron chi connectivity index (χ4n) is 3.79. The summed E-state index contributed by atoms with van der Waals surface area (Å²) >= 11 is 0. The smallest absolute Gasteiger partial charge is 0.352 e. The number of carbonyl (C=O) groups is 2. The molecule has 12 heteroatoms. The van der Waals surface area contributed by atoms with Crippen LogP contribution in [0.1, 0.15) is 45.3 Å². The van der Waals surface area contributed by atoms with Crippen LogP contribution in [0.2, 0.25) is 0 Å². The van der Waals surface area contributed by atoms with E-state index in [0.29, 0.717) is 29.5 Å². The average molecular weight is 542 g/mol. The van der Waals surface area contributed by atoms with Crippen LogP contribution in [0.15, 0.2) is 76.4 Å². The van der Waals surface area contributed by atoms with Crippen LogP contribution >= 0.6 is 7.82 Å². The Kier molecular flexibility index (Phi) is 8.98. The number of carbonyl (C=O) groups excluding carboxylic acids is 2. The fraction of sp³-hybridized carbons (Fsp3) is 0.308. The Morgan fingerprint density at radius 1 is 0.921 bits per heavy atom. The molecule has 3 aromatic rings. The molecule has 1 aliphatic heterocycles. The monoisotopic (exact) mass is 542 g/mol. The van der Waals surface area contributed by atoms with Gasteiger partial charge in [0.25, 0.3) is 5.56 Å². The summed E-state index contributed by atoms with van der Waals surface area (Å²) in [6, 6.07) is 16.6. The number of nitrogens with one attached hydrogen (secondary N) is 1. The molecular weight excluding hydrogens is 515 g/mol. The van der Waals surface area contributed by atoms with E-state index in [2.05, 4.69) is 4.98 Å². The zero-order valence-electron chi connectivity index (χ0n) is 20.6. The second-order valence-electron chi connectivity index (χ2n) is 8.64. The molecule has 200 valence electrons. The third-order valence-electron chi connectivity index (χ3n) is 5.86. The van der Waals surface area contributed by atoms with E-state index >= 15 is 0 Å². The molecule has 0 amide bonds. The first-order valence-corrected chi connectivity index (χ1v) is 13.4. The third kappa shape index (κ3) is 7.09. The molecule has 38 heavy (non-hydrogen) atoms. The van der Waals surface area contributed by atoms with Gasteiger partial charge in [0.15, 0.2) is 11.6 Å². The Hall–Kier alpha value is -3.47. The molecule has 0 aliphatic carbocycles. The van der Waals surface area contributed by atoms with E-state index in [0.717, 1.165) is 0 Å². The van der Waals surface area contributed by atoms with Gasteiger partial charge < -0.3 is 4.74 Å². The van der Waals surface area contributed by atoms with E-state index in [1.807, 2.05) is 0 Å². The molecule has 1 saturated heterocycles. The molecule has 1 aliphatic rings. The van der Waals surface area contributed by atoms with Crippen molar-refractivity contribution in [3.8, 4) is 0 Å². The predicted octanol–water partition coefficient (Wildman–Crippen LogP) is 3.45. The van der Waals surface area contributed by atoms with Crippen LogP contribution in [0.5, 0.6) is 0 Å². The lowest BCUT2D eigenvalue weighted by Gasteiger charge is -2.20. The molecule has 0 spiro atoms. The minimum Gasteiger partial charge on any atom is -0.352 e. The van der Waals surface area contributed by atoms with Crippen LogP contribution in [0.4, 0.5) is 0 Å². The number of benzene rings is 2. The summed E-state index contributed by atoms with van der Waals surface area (Å²) in [6.45, 7) is 0.134. The Balaban J connectivity index is 1.41. The highest BCUT2D eigenvalue weighted by molar-refractivity contribution is 7.48. The lowest BCUT2D eigenvalue weighted by atomic mass is 10.1. The molecule has 2 unspecified atom stereocenters. The first-order chi connectivity index (χ1) is 18.2. The molecule has 2 aromatic carbocycles. The number of aromatic amines is 1. The maximum atomic E-state index is 13.4. The van der Waals surface area contributed by atoms with Gasteiger partial charge in [0, 0.05) is 22.9 Å². The van der Waals surface area contributed by atoms with Crippen molar-refractivity contribution in [1.82, 2.24) is 9.55 Å². The number of aryl methyl sites for hydroxylation is 1. The number of hydrogen-bond donors (Lipinski definition) is 1. The second-order valence-corrected chi connectivity index (χ2v) is 10.3. The van der Waals surface area contributed by atoms with Crippen molar-refractivity contribution in [2.75, 3.05) is 19.8 Å². The Bertz CT molecular complexity index is 1380. The summed E-state index contributed by atoms with van der Waals surface area (Å²) in [7, 11) is -4.37. The number of rotatable bonds is 12. The topological polar surface area (TPSA) is 143 Å². The summed E-state index contributed by atoms with van der Waals surface area (Å²) in [5.41, 5.74) is -0.0331. The van der Waals surface area contributed by atoms with E-state index < -0.39 is 56.2 Å². The van der Waals surface area contributed by atoms with Crippen LogP contribution in [0, 0.1) is 6.92 Å². The number of Topliss-reactive ketones (excluding diaryl/α,β-unsaturated/α-hetero) is 2. The number of ketones is 2. The van der Waals surface area contributed by atoms with Gasteiger partial charge in [-0.3, -0.25) is 37.5 Å². The average Bonchev–Trinajstić information content (AvgIpc) is 3.41. The molecule has 1 aromatic heterocycles. The van der Waals surface area contributed by atoms with Crippen molar-refractivity contribution >= 4 is 19.4 Å². The number of H-pyrrole nitrogens is 1. The van der Waals surface area contributed by atoms with Crippen LogP contribution < -0.4 is 11.2 Å². The second kappa shape index (κ2) is 12.4. The SMILES string of the molecule is Cc1cn(C2CCC(COP(=O)(OCC(=O)c3ccccc3)OCC(=O)c3ccccc3)O2)c(=O)[nH]c1=O. The minimum absolute atomic E-state index is 0.246. The van der Waals surface area contributed by atoms with Gasteiger partial charge in [-0.15, -0.1) is 0 Å². The Labute approximate surface area is 217 Å². The molecular formula is C26H27N2O9P. The quantitative estimate of drug-likeness (QED) is 0.269. The number of phosphoric ester groups is 1. The molecule has 2 heterocycles. The van der Waals surface area contributed by atoms with E-state index in [9.17, 15) is 23.7 Å². The number of nitrogens with zero attached hydrogens (tertiary/aromatic N) is 1. The van der Waals surface area contributed by atoms with E-state index in [1.54, 1.807) is 67.6 Å². The predicted molar refractivity (Wildman–Crippen MR) is 136 cm³/mol. The van der Waals surface area contributed by atoms with Gasteiger partial charge in [0.05, 0.1) is 12.7 Å². The van der Waals surface area contributed by atoms with Crippen LogP contribution in [0.25, 0.3) is 0 Å². The summed E-state index contributed by atoms with van der Waals surface area (Å²) < 4.78 is 36.6. The van der Waals surface area contributed by atoms with Gasteiger partial charge in [-0.25, -0.2) is 9.36 Å². The number of phosphoric acid groups is 1. The molecule has 1 fully saturated rings. The number of hydrogen-bond acceptors (Lipinski definition) is 9. The largest absolute Gasteiger partial charge is 0.475 e. The van der Waals surface area contributed by atoms with Crippen molar-refractivity contribution in [2.45, 2.75) is 32.1 Å². The van der Waals surface area contributed by atoms with Gasteiger partial charge in [0.1, 0.15) is 19.4 Å². The van der Waals surface area contributed by atoms with E-state index in [1.165, 1.54) is 10.8 Å². The van der Waals surface area contributed by atoms with Crippen molar-refractivity contribution in [2.24, 2.45) is 0 Å². The maximum Gasteiger partial charge on any atom is 0.475 e. The van der Waals surface area contributed by atoms with Crippen LogP contribution in [0.3, 0.4) is 0 Å². The van der Waals surface area contributed by atoms with E-state index in [4.69, 9.17) is 18.3 Å². The normalized spacial score (nSPS) is 17.4. The van der Waals surface area contributed by atoms with Crippen LogP contribution in [-0.4, -0.2) is 47.0 Å². The number of ether oxygens (including phenoxy) is 1. The molecule has 2 atom stereocenters. The summed E-state index contributed by atoms with van der Waals surface area (Å²) in [4.78, 5) is 51.0. The van der Waals surface area contributed by atoms with Gasteiger partial charge >= 0.3 is 13.5 Å².